The number of hydrogen-bond donors (Lipinski definition) is 3. The van der Waals surface area contributed by atoms with E-state index in [1.165, 1.54) is 5.56 Å². The van der Waals surface area contributed by atoms with Gasteiger partial charge >= 0.3 is 0 Å². The van der Waals surface area contributed by atoms with Crippen molar-refractivity contribution in [3.8, 4) is 0 Å². The molecule has 0 aromatic heterocycles. The summed E-state index contributed by atoms with van der Waals surface area (Å²) in [6.45, 7) is -12.2. The van der Waals surface area contributed by atoms with E-state index < -0.39 is 26.2 Å². The zero-order chi connectivity index (χ0) is 24.3. The van der Waals surface area contributed by atoms with E-state index in [2.05, 4.69) is 32.8 Å². The van der Waals surface area contributed by atoms with Gasteiger partial charge in [-0.15, -0.1) is 0 Å². The summed E-state index contributed by atoms with van der Waals surface area (Å²) in [5.41, 5.74) is 2.04. The fourth-order valence-electron chi connectivity index (χ4n) is 1.29. The molecule has 0 heterocycles. The normalized spacial score (nSPS) is 16.9. The summed E-state index contributed by atoms with van der Waals surface area (Å²) in [5.74, 6) is 0. The highest BCUT2D eigenvalue weighted by molar-refractivity contribution is 9.08. The molecule has 3 N–H and O–H groups in total. The van der Waals surface area contributed by atoms with Gasteiger partial charge in [-0.3, -0.25) is 0 Å². The van der Waals surface area contributed by atoms with Crippen molar-refractivity contribution in [2.75, 3.05) is 26.2 Å². The molecule has 0 bridgehead atoms. The van der Waals surface area contributed by atoms with Crippen LogP contribution in [0.4, 0.5) is 0 Å². The number of alkyl halides is 1. The van der Waals surface area contributed by atoms with Crippen molar-refractivity contribution in [2.45, 2.75) is 11.9 Å². The van der Waals surface area contributed by atoms with Crippen LogP contribution in [0.25, 0.3) is 0 Å². The second-order valence-electron chi connectivity index (χ2n) is 3.83. The van der Waals surface area contributed by atoms with Gasteiger partial charge in [0.2, 0.25) is 0 Å². The van der Waals surface area contributed by atoms with Crippen molar-refractivity contribution in [3.63, 3.8) is 0 Å². The van der Waals surface area contributed by atoms with Crippen LogP contribution in [-0.2, 0) is 16.7 Å². The highest BCUT2D eigenvalue weighted by Gasteiger charge is 1.89. The molecule has 2 aromatic rings. The Morgan fingerprint density at radius 1 is 0.783 bits per heavy atom. The molecule has 2 rings (SSSR count). The lowest BCUT2D eigenvalue weighted by Crippen LogP contribution is -1.98. The first-order valence-electron chi connectivity index (χ1n) is 10.5. The molecular weight excluding hydrogens is 360 g/mol. The summed E-state index contributed by atoms with van der Waals surface area (Å²) >= 11 is 3.36. The summed E-state index contributed by atoms with van der Waals surface area (Å²) in [5, 5.41) is 25.9. The van der Waals surface area contributed by atoms with Crippen molar-refractivity contribution in [1.29, 1.82) is 0 Å². The Kier molecular flexibility index (Phi) is 8.44. The fourth-order valence-corrected chi connectivity index (χ4v) is 1.67. The molecule has 0 aliphatic rings. The minimum absolute atomic E-state index is 0.0894. The molecule has 0 atom stereocenters. The predicted molar refractivity (Wildman–Crippen MR) is 96.4 cm³/mol. The van der Waals surface area contributed by atoms with Crippen molar-refractivity contribution in [2.24, 2.45) is 0 Å². The minimum atomic E-state index is -3.17. The second-order valence-corrected chi connectivity index (χ2v) is 4.39. The van der Waals surface area contributed by atoms with Gasteiger partial charge in [0.1, 0.15) is 0 Å². The SMILES string of the molecule is BrCc1ccccc1.[2H]C([2H])(O)C([2H])([2H])O.[2H]C([2H])(O)C([2H])([2H])OCc1ccccc1. The molecule has 0 aliphatic heterocycles. The standard InChI is InChI=1S/C9H12O2.C7H7Br.C2H6O2/c10-6-7-11-8-9-4-2-1-3-5-9;8-6-7-4-2-1-3-5-7;3-1-2-4/h1-5,10H,6-8H2;1-5H,6H2;3-4H,1-2H2/i6D2,7D2;;1D2,2D2. The Hall–Kier alpha value is -1.24. The third kappa shape index (κ3) is 14.1. The number of aliphatic hydroxyl groups is 3. The molecule has 0 spiro atoms. The van der Waals surface area contributed by atoms with Crippen molar-refractivity contribution >= 4 is 15.9 Å². The quantitative estimate of drug-likeness (QED) is 0.661. The van der Waals surface area contributed by atoms with Gasteiger partial charge in [-0.2, -0.15) is 0 Å². The zero-order valence-electron chi connectivity index (χ0n) is 20.3. The van der Waals surface area contributed by atoms with Gasteiger partial charge in [0.05, 0.1) is 43.8 Å². The zero-order valence-corrected chi connectivity index (χ0v) is 13.9. The van der Waals surface area contributed by atoms with Gasteiger partial charge in [-0.05, 0) is 11.1 Å². The first kappa shape index (κ1) is 11.3. The molecule has 0 unspecified atom stereocenters. The average molecular weight is 393 g/mol. The third-order valence-electron chi connectivity index (χ3n) is 2.25. The van der Waals surface area contributed by atoms with Crippen LogP contribution in [0.1, 0.15) is 22.1 Å². The molecule has 0 saturated heterocycles. The van der Waals surface area contributed by atoms with E-state index >= 15 is 0 Å². The number of benzene rings is 2. The molecule has 2 aromatic carbocycles. The van der Waals surface area contributed by atoms with Gasteiger partial charge in [-0.1, -0.05) is 76.6 Å². The highest BCUT2D eigenvalue weighted by atomic mass is 79.9. The molecule has 0 saturated carbocycles. The highest BCUT2D eigenvalue weighted by Crippen LogP contribution is 2.02. The summed E-state index contributed by atoms with van der Waals surface area (Å²) in [4.78, 5) is 0. The largest absolute Gasteiger partial charge is 0.394 e. The Labute approximate surface area is 157 Å². The maximum absolute atomic E-state index is 8.86. The Morgan fingerprint density at radius 3 is 1.61 bits per heavy atom. The van der Waals surface area contributed by atoms with E-state index in [0.29, 0.717) is 5.56 Å². The Balaban J connectivity index is 0.000000477. The van der Waals surface area contributed by atoms with Crippen LogP contribution < -0.4 is 0 Å². The minimum Gasteiger partial charge on any atom is -0.394 e. The summed E-state index contributed by atoms with van der Waals surface area (Å²) < 4.78 is 57.3. The van der Waals surface area contributed by atoms with E-state index in [-0.39, 0.29) is 6.61 Å². The molecule has 23 heavy (non-hydrogen) atoms. The Morgan fingerprint density at radius 2 is 1.26 bits per heavy atom. The number of hydrogen-bond acceptors (Lipinski definition) is 4. The van der Waals surface area contributed by atoms with Gasteiger partial charge in [0.25, 0.3) is 0 Å². The molecule has 0 radical (unpaired) electrons. The van der Waals surface area contributed by atoms with Crippen LogP contribution in [0.5, 0.6) is 0 Å². The van der Waals surface area contributed by atoms with Crippen LogP contribution in [0.2, 0.25) is 0 Å². The van der Waals surface area contributed by atoms with Crippen molar-refractivity contribution < 1.29 is 31.0 Å². The van der Waals surface area contributed by atoms with E-state index in [9.17, 15) is 0 Å². The maximum Gasteiger partial charge on any atom is 0.0718 e. The van der Waals surface area contributed by atoms with E-state index in [1.54, 1.807) is 24.3 Å². The van der Waals surface area contributed by atoms with Gasteiger partial charge < -0.3 is 20.1 Å². The van der Waals surface area contributed by atoms with Crippen molar-refractivity contribution in [1.82, 2.24) is 0 Å². The lowest BCUT2D eigenvalue weighted by atomic mass is 10.2. The molecule has 0 fully saturated rings. The smallest absolute Gasteiger partial charge is 0.0718 e. The summed E-state index contributed by atoms with van der Waals surface area (Å²) in [7, 11) is 0. The van der Waals surface area contributed by atoms with E-state index in [1.807, 2.05) is 24.3 Å². The molecule has 0 aliphatic carbocycles. The first-order valence-corrected chi connectivity index (χ1v) is 7.58. The van der Waals surface area contributed by atoms with Gasteiger partial charge in [0.15, 0.2) is 0 Å². The van der Waals surface area contributed by atoms with E-state index in [4.69, 9.17) is 26.3 Å². The molecule has 0 amide bonds. The Bertz CT molecular complexity index is 720. The van der Waals surface area contributed by atoms with Crippen molar-refractivity contribution in [3.05, 3.63) is 71.8 Å². The molecule has 128 valence electrons. The molecular formula is C18H25BrO4. The van der Waals surface area contributed by atoms with Crippen LogP contribution >= 0.6 is 15.9 Å². The maximum atomic E-state index is 8.86. The first-order chi connectivity index (χ1) is 14.0. The van der Waals surface area contributed by atoms with Crippen LogP contribution in [0.3, 0.4) is 0 Å². The van der Waals surface area contributed by atoms with E-state index in [0.717, 1.165) is 5.33 Å². The lowest BCUT2D eigenvalue weighted by Gasteiger charge is -2.00. The number of halogens is 1. The summed E-state index contributed by atoms with van der Waals surface area (Å²) in [6, 6.07) is 19.1. The monoisotopic (exact) mass is 392 g/mol. The average Bonchev–Trinajstić information content (AvgIpc) is 2.66. The van der Waals surface area contributed by atoms with Gasteiger partial charge in [0, 0.05) is 5.33 Å². The van der Waals surface area contributed by atoms with Gasteiger partial charge in [-0.25, -0.2) is 0 Å². The second kappa shape index (κ2) is 17.1. The number of rotatable bonds is 6. The third-order valence-corrected chi connectivity index (χ3v) is 2.89. The topological polar surface area (TPSA) is 69.9 Å². The summed E-state index contributed by atoms with van der Waals surface area (Å²) in [6.07, 6.45) is 0. The van der Waals surface area contributed by atoms with Crippen LogP contribution in [0, 0.1) is 0 Å². The van der Waals surface area contributed by atoms with Crippen LogP contribution in [0.15, 0.2) is 60.7 Å². The number of ether oxygens (including phenoxy) is 1. The predicted octanol–water partition coefficient (Wildman–Crippen LogP) is 2.75. The molecule has 4 nitrogen and oxygen atoms in total. The molecule has 5 heteroatoms. The fraction of sp³-hybridized carbons (Fsp3) is 0.333. The lowest BCUT2D eigenvalue weighted by molar-refractivity contribution is 0.0815. The van der Waals surface area contributed by atoms with Crippen LogP contribution in [-0.4, -0.2) is 41.6 Å².